The molecule has 0 radical (unpaired) electrons. The van der Waals surface area contributed by atoms with E-state index in [9.17, 15) is 8.42 Å². The van der Waals surface area contributed by atoms with Crippen LogP contribution in [0.25, 0.3) is 0 Å². The minimum atomic E-state index is -3.57. The molecule has 2 atom stereocenters. The summed E-state index contributed by atoms with van der Waals surface area (Å²) in [6.45, 7) is 2.86. The van der Waals surface area contributed by atoms with E-state index >= 15 is 0 Å². The lowest BCUT2D eigenvalue weighted by Crippen LogP contribution is -2.53. The molecule has 6 heteroatoms. The van der Waals surface area contributed by atoms with Crippen molar-refractivity contribution in [3.05, 3.63) is 0 Å². The van der Waals surface area contributed by atoms with Gasteiger partial charge in [-0.25, -0.2) is 5.14 Å². The Morgan fingerprint density at radius 1 is 1.54 bits per heavy atom. The second-order valence-electron chi connectivity index (χ2n) is 3.58. The van der Waals surface area contributed by atoms with Crippen molar-refractivity contribution in [1.29, 1.82) is 0 Å². The van der Waals surface area contributed by atoms with Crippen LogP contribution in [0.5, 0.6) is 0 Å². The van der Waals surface area contributed by atoms with E-state index in [0.29, 0.717) is 19.0 Å². The molecule has 1 saturated heterocycles. The predicted octanol–water partition coefficient (Wildman–Crippen LogP) is -0.751. The third-order valence-corrected chi connectivity index (χ3v) is 3.74. The maximum Gasteiger partial charge on any atom is 0.277 e. The highest BCUT2D eigenvalue weighted by Gasteiger charge is 2.33. The van der Waals surface area contributed by atoms with Gasteiger partial charge in [-0.3, -0.25) is 0 Å². The van der Waals surface area contributed by atoms with Crippen LogP contribution in [0.15, 0.2) is 0 Å². The maximum atomic E-state index is 11.1. The van der Waals surface area contributed by atoms with Gasteiger partial charge >= 0.3 is 0 Å². The lowest BCUT2D eigenvalue weighted by molar-refractivity contribution is 0.192. The van der Waals surface area contributed by atoms with Gasteiger partial charge in [0.05, 0.1) is 0 Å². The number of hydrogen-bond acceptors (Lipinski definition) is 3. The van der Waals surface area contributed by atoms with E-state index in [1.54, 1.807) is 0 Å². The quantitative estimate of drug-likeness (QED) is 0.624. The van der Waals surface area contributed by atoms with Crippen LogP contribution in [0, 0.1) is 5.92 Å². The lowest BCUT2D eigenvalue weighted by Gasteiger charge is -2.36. The van der Waals surface area contributed by atoms with E-state index in [1.807, 2.05) is 6.92 Å². The minimum Gasteiger partial charge on any atom is -0.329 e. The van der Waals surface area contributed by atoms with Crippen LogP contribution in [0.1, 0.15) is 19.8 Å². The smallest absolute Gasteiger partial charge is 0.277 e. The molecule has 1 heterocycles. The SMILES string of the molecule is CC1CCCN(S(N)(=O)=O)C1CN. The Labute approximate surface area is 79.3 Å². The summed E-state index contributed by atoms with van der Waals surface area (Å²) in [6, 6.07) is -0.122. The van der Waals surface area contributed by atoms with Gasteiger partial charge in [-0.05, 0) is 18.8 Å². The Kier molecular flexibility index (Phi) is 3.28. The van der Waals surface area contributed by atoms with Crippen molar-refractivity contribution < 1.29 is 8.42 Å². The summed E-state index contributed by atoms with van der Waals surface area (Å²) in [5.74, 6) is 0.303. The highest BCUT2D eigenvalue weighted by molar-refractivity contribution is 7.86. The summed E-state index contributed by atoms with van der Waals surface area (Å²) in [5.41, 5.74) is 5.52. The van der Waals surface area contributed by atoms with E-state index in [2.05, 4.69) is 0 Å². The Balaban J connectivity index is 2.83. The Bertz CT molecular complexity index is 265. The third-order valence-electron chi connectivity index (χ3n) is 2.63. The number of hydrogen-bond donors (Lipinski definition) is 2. The minimum absolute atomic E-state index is 0.122. The second-order valence-corrected chi connectivity index (χ2v) is 5.08. The molecule has 0 bridgehead atoms. The fourth-order valence-corrected chi connectivity index (χ4v) is 2.93. The van der Waals surface area contributed by atoms with Gasteiger partial charge in [-0.1, -0.05) is 6.92 Å². The summed E-state index contributed by atoms with van der Waals surface area (Å²) < 4.78 is 23.6. The van der Waals surface area contributed by atoms with Gasteiger partial charge < -0.3 is 5.73 Å². The number of nitrogens with zero attached hydrogens (tertiary/aromatic N) is 1. The van der Waals surface area contributed by atoms with Crippen molar-refractivity contribution in [3.8, 4) is 0 Å². The van der Waals surface area contributed by atoms with Crippen LogP contribution in [-0.2, 0) is 10.2 Å². The average Bonchev–Trinajstić information content (AvgIpc) is 2.02. The summed E-state index contributed by atoms with van der Waals surface area (Å²) in [5, 5.41) is 5.08. The number of piperidine rings is 1. The second kappa shape index (κ2) is 3.91. The van der Waals surface area contributed by atoms with Crippen molar-refractivity contribution >= 4 is 10.2 Å². The Morgan fingerprint density at radius 2 is 2.15 bits per heavy atom. The summed E-state index contributed by atoms with van der Waals surface area (Å²) in [4.78, 5) is 0. The topological polar surface area (TPSA) is 89.4 Å². The van der Waals surface area contributed by atoms with Gasteiger partial charge in [0.2, 0.25) is 0 Å². The highest BCUT2D eigenvalue weighted by Crippen LogP contribution is 2.23. The van der Waals surface area contributed by atoms with Crippen molar-refractivity contribution in [1.82, 2.24) is 4.31 Å². The van der Waals surface area contributed by atoms with Crippen LogP contribution < -0.4 is 10.9 Å². The monoisotopic (exact) mass is 207 g/mol. The molecule has 0 aliphatic carbocycles. The third kappa shape index (κ3) is 2.40. The van der Waals surface area contributed by atoms with E-state index < -0.39 is 10.2 Å². The zero-order valence-electron chi connectivity index (χ0n) is 7.81. The molecule has 0 amide bonds. The van der Waals surface area contributed by atoms with E-state index in [-0.39, 0.29) is 6.04 Å². The molecule has 2 unspecified atom stereocenters. The standard InChI is InChI=1S/C7H17N3O2S/c1-6-3-2-4-10(7(6)5-8)13(9,11)12/h6-7H,2-5,8H2,1H3,(H2,9,11,12). The van der Waals surface area contributed by atoms with Crippen LogP contribution in [0.2, 0.25) is 0 Å². The van der Waals surface area contributed by atoms with Gasteiger partial charge in [0, 0.05) is 19.1 Å². The first-order chi connectivity index (χ1) is 5.96. The van der Waals surface area contributed by atoms with Crippen molar-refractivity contribution in [2.75, 3.05) is 13.1 Å². The molecule has 13 heavy (non-hydrogen) atoms. The van der Waals surface area contributed by atoms with E-state index in [4.69, 9.17) is 10.9 Å². The predicted molar refractivity (Wildman–Crippen MR) is 51.1 cm³/mol. The van der Waals surface area contributed by atoms with E-state index in [0.717, 1.165) is 12.8 Å². The summed E-state index contributed by atoms with van der Waals surface area (Å²) >= 11 is 0. The van der Waals surface area contributed by atoms with Gasteiger partial charge in [-0.15, -0.1) is 0 Å². The molecule has 5 nitrogen and oxygen atoms in total. The number of nitrogens with two attached hydrogens (primary N) is 2. The van der Waals surface area contributed by atoms with Crippen LogP contribution in [0.3, 0.4) is 0 Å². The average molecular weight is 207 g/mol. The molecule has 0 spiro atoms. The first-order valence-electron chi connectivity index (χ1n) is 4.46. The maximum absolute atomic E-state index is 11.1. The first-order valence-corrected chi connectivity index (χ1v) is 5.96. The fraction of sp³-hybridized carbons (Fsp3) is 1.00. The highest BCUT2D eigenvalue weighted by atomic mass is 32.2. The molecule has 0 saturated carbocycles. The summed E-state index contributed by atoms with van der Waals surface area (Å²) in [7, 11) is -3.57. The molecule has 0 aromatic carbocycles. The van der Waals surface area contributed by atoms with Gasteiger partial charge in [0.1, 0.15) is 0 Å². The zero-order chi connectivity index (χ0) is 10.1. The molecular weight excluding hydrogens is 190 g/mol. The molecule has 0 aromatic heterocycles. The molecule has 78 valence electrons. The fourth-order valence-electron chi connectivity index (χ4n) is 1.88. The summed E-state index contributed by atoms with van der Waals surface area (Å²) in [6.07, 6.45) is 1.89. The Hall–Kier alpha value is -0.170. The molecule has 4 N–H and O–H groups in total. The molecule has 1 rings (SSSR count). The first kappa shape index (κ1) is 10.9. The largest absolute Gasteiger partial charge is 0.329 e. The molecular formula is C7H17N3O2S. The molecule has 1 fully saturated rings. The normalized spacial score (nSPS) is 31.9. The lowest BCUT2D eigenvalue weighted by atomic mass is 9.93. The zero-order valence-corrected chi connectivity index (χ0v) is 8.63. The van der Waals surface area contributed by atoms with Crippen molar-refractivity contribution in [2.45, 2.75) is 25.8 Å². The molecule has 0 aromatic rings. The Morgan fingerprint density at radius 3 is 2.54 bits per heavy atom. The number of rotatable bonds is 2. The van der Waals surface area contributed by atoms with Crippen molar-refractivity contribution in [3.63, 3.8) is 0 Å². The van der Waals surface area contributed by atoms with Gasteiger partial charge in [-0.2, -0.15) is 12.7 Å². The van der Waals surface area contributed by atoms with Gasteiger partial charge in [0.25, 0.3) is 10.2 Å². The van der Waals surface area contributed by atoms with E-state index in [1.165, 1.54) is 4.31 Å². The molecule has 1 aliphatic rings. The molecule has 1 aliphatic heterocycles. The van der Waals surface area contributed by atoms with Crippen LogP contribution >= 0.6 is 0 Å². The van der Waals surface area contributed by atoms with Crippen LogP contribution in [-0.4, -0.2) is 31.9 Å². The van der Waals surface area contributed by atoms with Gasteiger partial charge in [0.15, 0.2) is 0 Å². The van der Waals surface area contributed by atoms with Crippen LogP contribution in [0.4, 0.5) is 0 Å². The van der Waals surface area contributed by atoms with Crippen molar-refractivity contribution in [2.24, 2.45) is 16.8 Å².